The Hall–Kier alpha value is -4.73. The fourth-order valence-electron chi connectivity index (χ4n) is 5.13. The molecule has 0 saturated carbocycles. The Morgan fingerprint density at radius 1 is 0.806 bits per heavy atom. The minimum atomic E-state index is -3.76. The van der Waals surface area contributed by atoms with Crippen LogP contribution in [0.25, 0.3) is 28.2 Å². The second-order valence-electron chi connectivity index (χ2n) is 8.79. The summed E-state index contributed by atoms with van der Waals surface area (Å²) in [5, 5.41) is 10.3. The first kappa shape index (κ1) is 20.6. The fraction of sp³-hybridized carbons (Fsp3) is 0. The van der Waals surface area contributed by atoms with Crippen LogP contribution in [0.2, 0.25) is 0 Å². The number of benzene rings is 4. The van der Waals surface area contributed by atoms with Crippen LogP contribution < -0.4 is 0 Å². The molecule has 0 N–H and O–H groups in total. The summed E-state index contributed by atoms with van der Waals surface area (Å²) in [6.45, 7) is 0. The highest BCUT2D eigenvalue weighted by molar-refractivity contribution is 7.91. The summed E-state index contributed by atoms with van der Waals surface area (Å²) in [5.41, 5.74) is 8.48. The van der Waals surface area contributed by atoms with Gasteiger partial charge < -0.3 is 4.57 Å². The first-order valence-corrected chi connectivity index (χ1v) is 12.9. The number of para-hydroxylation sites is 2. The second kappa shape index (κ2) is 7.38. The molecule has 1 aliphatic carbocycles. The van der Waals surface area contributed by atoms with Gasteiger partial charge in [-0.2, -0.15) is 5.26 Å². The van der Waals surface area contributed by atoms with Crippen molar-refractivity contribution in [2.24, 2.45) is 4.99 Å². The lowest BCUT2D eigenvalue weighted by Gasteiger charge is -2.12. The van der Waals surface area contributed by atoms with Crippen molar-refractivity contribution in [3.63, 3.8) is 0 Å². The minimum absolute atomic E-state index is 0.105. The molecule has 5 aromatic rings. The van der Waals surface area contributed by atoms with Crippen molar-refractivity contribution in [1.82, 2.24) is 4.57 Å². The van der Waals surface area contributed by atoms with E-state index in [-0.39, 0.29) is 9.79 Å². The van der Waals surface area contributed by atoms with E-state index in [2.05, 4.69) is 28.8 Å². The van der Waals surface area contributed by atoms with Gasteiger partial charge in [-0.15, -0.1) is 0 Å². The van der Waals surface area contributed by atoms with Crippen LogP contribution in [-0.2, 0) is 9.84 Å². The molecule has 0 bridgehead atoms. The summed E-state index contributed by atoms with van der Waals surface area (Å²) in [7, 11) is -3.76. The van der Waals surface area contributed by atoms with E-state index in [0.717, 1.165) is 50.4 Å². The van der Waals surface area contributed by atoms with Crippen LogP contribution in [-0.4, -0.2) is 18.7 Å². The maximum absolute atomic E-state index is 13.2. The summed E-state index contributed by atoms with van der Waals surface area (Å²) in [4.78, 5) is 5.24. The Morgan fingerprint density at radius 2 is 1.58 bits per heavy atom. The molecule has 6 heteroatoms. The molecule has 2 heterocycles. The van der Waals surface area contributed by atoms with Crippen molar-refractivity contribution in [3.8, 4) is 11.8 Å². The maximum atomic E-state index is 13.2. The Kier molecular flexibility index (Phi) is 4.23. The van der Waals surface area contributed by atoms with Crippen LogP contribution in [0.3, 0.4) is 0 Å². The predicted molar refractivity (Wildman–Crippen MR) is 140 cm³/mol. The summed E-state index contributed by atoms with van der Waals surface area (Å²) in [6.07, 6.45) is 2.21. The normalized spacial score (nSPS) is 13.5. The molecule has 0 saturated heterocycles. The van der Waals surface area contributed by atoms with E-state index in [1.165, 1.54) is 12.1 Å². The molecular formula is C30H17N3O2S. The lowest BCUT2D eigenvalue weighted by Crippen LogP contribution is -2.07. The van der Waals surface area contributed by atoms with E-state index < -0.39 is 9.84 Å². The van der Waals surface area contributed by atoms with Gasteiger partial charge in [0.05, 0.1) is 44.0 Å². The molecule has 4 aromatic carbocycles. The van der Waals surface area contributed by atoms with Gasteiger partial charge in [0.25, 0.3) is 0 Å². The van der Waals surface area contributed by atoms with E-state index in [1.54, 1.807) is 24.3 Å². The first-order chi connectivity index (χ1) is 17.6. The van der Waals surface area contributed by atoms with Crippen LogP contribution >= 0.6 is 0 Å². The number of aliphatic imine (C=N–C) groups is 1. The maximum Gasteiger partial charge on any atom is 0.206 e. The number of allylic oxidation sites excluding steroid dienone is 1. The monoisotopic (exact) mass is 483 g/mol. The van der Waals surface area contributed by atoms with Crippen LogP contribution in [0.15, 0.2) is 112 Å². The average molecular weight is 484 g/mol. The largest absolute Gasteiger partial charge is 0.307 e. The molecular weight excluding hydrogens is 466 g/mol. The topological polar surface area (TPSA) is 75.2 Å². The summed E-state index contributed by atoms with van der Waals surface area (Å²) in [6, 6.07) is 31.3. The van der Waals surface area contributed by atoms with Crippen LogP contribution in [0.4, 0.5) is 5.69 Å². The van der Waals surface area contributed by atoms with Gasteiger partial charge >= 0.3 is 0 Å². The second-order valence-corrected chi connectivity index (χ2v) is 10.7. The summed E-state index contributed by atoms with van der Waals surface area (Å²) >= 11 is 0. The molecule has 0 spiro atoms. The van der Waals surface area contributed by atoms with Gasteiger partial charge in [-0.1, -0.05) is 42.5 Å². The number of fused-ring (bicyclic) bond motifs is 7. The van der Waals surface area contributed by atoms with Gasteiger partial charge in [0.2, 0.25) is 9.84 Å². The van der Waals surface area contributed by atoms with Gasteiger partial charge in [-0.3, -0.25) is 0 Å². The summed E-state index contributed by atoms with van der Waals surface area (Å²) < 4.78 is 28.6. The molecule has 0 fully saturated rings. The number of aromatic nitrogens is 1. The lowest BCUT2D eigenvalue weighted by molar-refractivity contribution is 0.596. The predicted octanol–water partition coefficient (Wildman–Crippen LogP) is 6.32. The van der Waals surface area contributed by atoms with Crippen LogP contribution in [0.1, 0.15) is 22.4 Å². The Morgan fingerprint density at radius 3 is 2.42 bits per heavy atom. The van der Waals surface area contributed by atoms with Crippen molar-refractivity contribution in [2.45, 2.75) is 9.79 Å². The molecule has 1 aliphatic heterocycles. The zero-order valence-corrected chi connectivity index (χ0v) is 19.7. The van der Waals surface area contributed by atoms with Gasteiger partial charge in [0.15, 0.2) is 0 Å². The molecule has 0 amide bonds. The van der Waals surface area contributed by atoms with Crippen molar-refractivity contribution in [3.05, 3.63) is 119 Å². The molecule has 2 aliphatic rings. The fourth-order valence-corrected chi connectivity index (χ4v) is 6.44. The highest BCUT2D eigenvalue weighted by Crippen LogP contribution is 2.46. The SMILES string of the molecule is N#Cc1cccc(S(=O)(=O)c2ccc(-n3c4c(c5ccccc53)C=C3C4=Nc4ccccc43)cc2)c1. The number of rotatable bonds is 3. The number of nitrogens with zero attached hydrogens (tertiary/aromatic N) is 3. The van der Waals surface area contributed by atoms with Gasteiger partial charge in [0, 0.05) is 27.8 Å². The average Bonchev–Trinajstić information content (AvgIpc) is 3.56. The van der Waals surface area contributed by atoms with E-state index in [4.69, 9.17) is 10.3 Å². The van der Waals surface area contributed by atoms with E-state index in [9.17, 15) is 8.42 Å². The zero-order chi connectivity index (χ0) is 24.4. The number of sulfone groups is 1. The minimum Gasteiger partial charge on any atom is -0.307 e. The third kappa shape index (κ3) is 2.81. The van der Waals surface area contributed by atoms with Crippen molar-refractivity contribution in [2.75, 3.05) is 0 Å². The van der Waals surface area contributed by atoms with E-state index in [1.807, 2.05) is 48.5 Å². The van der Waals surface area contributed by atoms with Gasteiger partial charge in [-0.05, 0) is 60.7 Å². The smallest absolute Gasteiger partial charge is 0.206 e. The van der Waals surface area contributed by atoms with Crippen molar-refractivity contribution in [1.29, 1.82) is 5.26 Å². The standard InChI is InChI=1S/C30H17N3O2S/c31-18-19-6-5-7-22(16-19)36(34,35)21-14-12-20(13-15-21)33-28-11-4-2-9-24(28)26-17-25-23-8-1-3-10-27(23)32-29(25)30(26)33/h1-17H. The molecule has 36 heavy (non-hydrogen) atoms. The number of nitriles is 1. The third-order valence-corrected chi connectivity index (χ3v) is 8.55. The van der Waals surface area contributed by atoms with E-state index in [0.29, 0.717) is 5.56 Å². The molecule has 0 unspecified atom stereocenters. The Bertz CT molecular complexity index is 1950. The van der Waals surface area contributed by atoms with Crippen molar-refractivity contribution >= 4 is 43.8 Å². The number of hydrogen-bond donors (Lipinski definition) is 0. The first-order valence-electron chi connectivity index (χ1n) is 11.5. The van der Waals surface area contributed by atoms with Gasteiger partial charge in [0.1, 0.15) is 0 Å². The quantitative estimate of drug-likeness (QED) is 0.301. The number of hydrogen-bond acceptors (Lipinski definition) is 4. The summed E-state index contributed by atoms with van der Waals surface area (Å²) in [5.74, 6) is 0. The highest BCUT2D eigenvalue weighted by atomic mass is 32.2. The van der Waals surface area contributed by atoms with Crippen molar-refractivity contribution < 1.29 is 8.42 Å². The Labute approximate surface area is 207 Å². The van der Waals surface area contributed by atoms with Crippen LogP contribution in [0, 0.1) is 11.3 Å². The van der Waals surface area contributed by atoms with E-state index >= 15 is 0 Å². The highest BCUT2D eigenvalue weighted by Gasteiger charge is 2.33. The lowest BCUT2D eigenvalue weighted by atomic mass is 10.1. The molecule has 7 rings (SSSR count). The molecule has 1 aromatic heterocycles. The van der Waals surface area contributed by atoms with Crippen LogP contribution in [0.5, 0.6) is 0 Å². The Balaban J connectivity index is 1.38. The molecule has 0 radical (unpaired) electrons. The molecule has 5 nitrogen and oxygen atoms in total. The van der Waals surface area contributed by atoms with Gasteiger partial charge in [-0.25, -0.2) is 13.4 Å². The molecule has 170 valence electrons. The third-order valence-electron chi connectivity index (χ3n) is 6.79. The zero-order valence-electron chi connectivity index (χ0n) is 18.9. The molecule has 0 atom stereocenters.